The van der Waals surface area contributed by atoms with Crippen molar-refractivity contribution >= 4 is 0 Å². The molecule has 0 radical (unpaired) electrons. The maximum absolute atomic E-state index is 5.98. The van der Waals surface area contributed by atoms with E-state index in [2.05, 4.69) is 44.9 Å². The Hall–Kier alpha value is -1.06. The van der Waals surface area contributed by atoms with Gasteiger partial charge in [0.25, 0.3) is 0 Å². The van der Waals surface area contributed by atoms with Gasteiger partial charge in [-0.1, -0.05) is 26.8 Å². The molecule has 1 atom stereocenters. The van der Waals surface area contributed by atoms with Crippen LogP contribution in [0, 0.1) is 5.41 Å². The van der Waals surface area contributed by atoms with E-state index in [4.69, 9.17) is 10.5 Å². The molecule has 0 spiro atoms. The third-order valence-corrected chi connectivity index (χ3v) is 3.09. The molecule has 0 fully saturated rings. The van der Waals surface area contributed by atoms with Crippen molar-refractivity contribution in [3.05, 3.63) is 29.3 Å². The fraction of sp³-hybridized carbons (Fsp3) is 0.647. The van der Waals surface area contributed by atoms with E-state index in [9.17, 15) is 0 Å². The molecular weight excluding hydrogens is 248 g/mol. The van der Waals surface area contributed by atoms with Crippen LogP contribution in [0.15, 0.2) is 18.2 Å². The van der Waals surface area contributed by atoms with Gasteiger partial charge in [-0.25, -0.2) is 0 Å². The third-order valence-electron chi connectivity index (χ3n) is 3.09. The number of rotatable bonds is 6. The Labute approximate surface area is 124 Å². The van der Waals surface area contributed by atoms with E-state index in [1.165, 1.54) is 5.56 Å². The summed E-state index contributed by atoms with van der Waals surface area (Å²) in [6, 6.07) is 6.33. The van der Waals surface area contributed by atoms with Crippen molar-refractivity contribution in [2.24, 2.45) is 11.1 Å². The van der Waals surface area contributed by atoms with Crippen LogP contribution in [0.25, 0.3) is 0 Å². The maximum atomic E-state index is 5.98. The van der Waals surface area contributed by atoms with Crippen molar-refractivity contribution in [2.45, 2.75) is 47.2 Å². The summed E-state index contributed by atoms with van der Waals surface area (Å²) in [5.41, 5.74) is 8.65. The van der Waals surface area contributed by atoms with Gasteiger partial charge in [0.05, 0.1) is 6.61 Å². The predicted octanol–water partition coefficient (Wildman–Crippen LogP) is 3.58. The molecule has 0 saturated heterocycles. The molecule has 3 nitrogen and oxygen atoms in total. The lowest BCUT2D eigenvalue weighted by atomic mass is 9.96. The summed E-state index contributed by atoms with van der Waals surface area (Å²) < 4.78 is 5.74. The first kappa shape index (κ1) is 17.0. The Bertz CT molecular complexity index is 421. The fourth-order valence-electron chi connectivity index (χ4n) is 2.46. The Morgan fingerprint density at radius 1 is 1.30 bits per heavy atom. The predicted molar refractivity (Wildman–Crippen MR) is 86.0 cm³/mol. The summed E-state index contributed by atoms with van der Waals surface area (Å²) in [6.07, 6.45) is 0. The van der Waals surface area contributed by atoms with Crippen LogP contribution in [-0.4, -0.2) is 25.1 Å². The highest BCUT2D eigenvalue weighted by molar-refractivity contribution is 5.38. The van der Waals surface area contributed by atoms with E-state index in [1.807, 2.05) is 19.9 Å². The first-order valence-electron chi connectivity index (χ1n) is 7.42. The van der Waals surface area contributed by atoms with Crippen LogP contribution in [0.4, 0.5) is 0 Å². The highest BCUT2D eigenvalue weighted by Crippen LogP contribution is 2.25. The number of benzene rings is 1. The van der Waals surface area contributed by atoms with Gasteiger partial charge in [0.2, 0.25) is 0 Å². The number of ether oxygens (including phenoxy) is 1. The second-order valence-electron chi connectivity index (χ2n) is 6.82. The minimum Gasteiger partial charge on any atom is -0.494 e. The standard InChI is InChI=1S/C17H30N2O/c1-7-20-16-9-8-14(13(2)18)10-15(16)11-19(6)12-17(3,4)5/h8-10,13H,7,11-12,18H2,1-6H3. The molecule has 3 heteroatoms. The molecule has 20 heavy (non-hydrogen) atoms. The van der Waals surface area contributed by atoms with Crippen LogP contribution >= 0.6 is 0 Å². The monoisotopic (exact) mass is 278 g/mol. The van der Waals surface area contributed by atoms with Gasteiger partial charge in [0, 0.05) is 24.7 Å². The molecule has 0 aliphatic rings. The lowest BCUT2D eigenvalue weighted by Gasteiger charge is -2.27. The number of hydrogen-bond acceptors (Lipinski definition) is 3. The van der Waals surface area contributed by atoms with Gasteiger partial charge in [-0.3, -0.25) is 0 Å². The quantitative estimate of drug-likeness (QED) is 0.864. The Morgan fingerprint density at radius 2 is 1.95 bits per heavy atom. The SMILES string of the molecule is CCOc1ccc(C(C)N)cc1CN(C)CC(C)(C)C. The summed E-state index contributed by atoms with van der Waals surface area (Å²) in [4.78, 5) is 2.34. The zero-order chi connectivity index (χ0) is 15.3. The molecule has 1 aromatic rings. The fourth-order valence-corrected chi connectivity index (χ4v) is 2.46. The molecule has 0 aliphatic heterocycles. The number of nitrogens with zero attached hydrogens (tertiary/aromatic N) is 1. The lowest BCUT2D eigenvalue weighted by Crippen LogP contribution is -2.29. The van der Waals surface area contributed by atoms with Crippen molar-refractivity contribution in [3.63, 3.8) is 0 Å². The van der Waals surface area contributed by atoms with Crippen molar-refractivity contribution < 1.29 is 4.74 Å². The van der Waals surface area contributed by atoms with Crippen LogP contribution < -0.4 is 10.5 Å². The molecule has 0 amide bonds. The van der Waals surface area contributed by atoms with Crippen LogP contribution in [0.5, 0.6) is 5.75 Å². The molecule has 0 bridgehead atoms. The maximum Gasteiger partial charge on any atom is 0.123 e. The van der Waals surface area contributed by atoms with Crippen molar-refractivity contribution in [3.8, 4) is 5.75 Å². The van der Waals surface area contributed by atoms with E-state index >= 15 is 0 Å². The normalized spacial score (nSPS) is 13.6. The molecule has 1 aromatic carbocycles. The van der Waals surface area contributed by atoms with Crippen molar-refractivity contribution in [1.29, 1.82) is 0 Å². The van der Waals surface area contributed by atoms with Crippen LogP contribution in [0.1, 0.15) is 51.8 Å². The highest BCUT2D eigenvalue weighted by Gasteiger charge is 2.15. The van der Waals surface area contributed by atoms with E-state index in [-0.39, 0.29) is 6.04 Å². The number of nitrogens with two attached hydrogens (primary N) is 1. The average molecular weight is 278 g/mol. The molecule has 0 aromatic heterocycles. The molecule has 2 N–H and O–H groups in total. The average Bonchev–Trinajstić information content (AvgIpc) is 2.28. The minimum absolute atomic E-state index is 0.0531. The summed E-state index contributed by atoms with van der Waals surface area (Å²) in [5.74, 6) is 0.970. The van der Waals surface area contributed by atoms with Crippen LogP contribution in [0.2, 0.25) is 0 Å². The van der Waals surface area contributed by atoms with Crippen LogP contribution in [0.3, 0.4) is 0 Å². The van der Waals surface area contributed by atoms with Gasteiger partial charge in [0.1, 0.15) is 5.75 Å². The Morgan fingerprint density at radius 3 is 2.45 bits per heavy atom. The lowest BCUT2D eigenvalue weighted by molar-refractivity contribution is 0.217. The summed E-state index contributed by atoms with van der Waals surface area (Å²) in [6.45, 7) is 13.4. The minimum atomic E-state index is 0.0531. The summed E-state index contributed by atoms with van der Waals surface area (Å²) in [7, 11) is 2.15. The molecule has 114 valence electrons. The molecule has 1 rings (SSSR count). The molecule has 1 unspecified atom stereocenters. The van der Waals surface area contributed by atoms with Gasteiger partial charge < -0.3 is 15.4 Å². The zero-order valence-corrected chi connectivity index (χ0v) is 13.9. The molecular formula is C17H30N2O. The summed E-state index contributed by atoms with van der Waals surface area (Å²) >= 11 is 0. The van der Waals surface area contributed by atoms with E-state index in [0.717, 1.165) is 24.4 Å². The van der Waals surface area contributed by atoms with Crippen molar-refractivity contribution in [1.82, 2.24) is 4.90 Å². The smallest absolute Gasteiger partial charge is 0.123 e. The first-order chi connectivity index (χ1) is 9.23. The van der Waals surface area contributed by atoms with Crippen molar-refractivity contribution in [2.75, 3.05) is 20.2 Å². The second kappa shape index (κ2) is 7.09. The molecule has 0 saturated carbocycles. The Balaban J connectivity index is 2.92. The second-order valence-corrected chi connectivity index (χ2v) is 6.82. The summed E-state index contributed by atoms with van der Waals surface area (Å²) in [5, 5.41) is 0. The topological polar surface area (TPSA) is 38.5 Å². The van der Waals surface area contributed by atoms with Gasteiger partial charge in [-0.2, -0.15) is 0 Å². The van der Waals surface area contributed by atoms with Gasteiger partial charge in [0.15, 0.2) is 0 Å². The first-order valence-corrected chi connectivity index (χ1v) is 7.42. The largest absolute Gasteiger partial charge is 0.494 e. The number of hydrogen-bond donors (Lipinski definition) is 1. The highest BCUT2D eigenvalue weighted by atomic mass is 16.5. The van der Waals surface area contributed by atoms with E-state index in [1.54, 1.807) is 0 Å². The van der Waals surface area contributed by atoms with Gasteiger partial charge >= 0.3 is 0 Å². The Kier molecular flexibility index (Phi) is 6.03. The van der Waals surface area contributed by atoms with Gasteiger partial charge in [-0.05, 0) is 44.0 Å². The molecule has 0 aliphatic carbocycles. The van der Waals surface area contributed by atoms with Gasteiger partial charge in [-0.15, -0.1) is 0 Å². The van der Waals surface area contributed by atoms with Crippen LogP contribution in [-0.2, 0) is 6.54 Å². The van der Waals surface area contributed by atoms with E-state index < -0.39 is 0 Å². The zero-order valence-electron chi connectivity index (χ0n) is 13.9. The molecule has 0 heterocycles. The van der Waals surface area contributed by atoms with E-state index in [0.29, 0.717) is 12.0 Å². The third kappa shape index (κ3) is 5.51.